The first-order valence-corrected chi connectivity index (χ1v) is 8.43. The van der Waals surface area contributed by atoms with Crippen LogP contribution >= 0.6 is 0 Å². The number of carbonyl (C=O) groups excluding carboxylic acids is 2. The number of ketones is 1. The third-order valence-electron chi connectivity index (χ3n) is 4.16. The minimum Gasteiger partial charge on any atom is -0.449 e. The number of oxazole rings is 1. The van der Waals surface area contributed by atoms with E-state index < -0.39 is 5.82 Å². The molecule has 0 bridgehead atoms. The summed E-state index contributed by atoms with van der Waals surface area (Å²) in [6.07, 6.45) is 4.68. The van der Waals surface area contributed by atoms with Crippen LogP contribution in [0.15, 0.2) is 53.4 Å². The van der Waals surface area contributed by atoms with Gasteiger partial charge in [-0.05, 0) is 24.3 Å². The molecule has 0 saturated carbocycles. The van der Waals surface area contributed by atoms with Gasteiger partial charge in [-0.25, -0.2) is 9.37 Å². The predicted octanol–water partition coefficient (Wildman–Crippen LogP) is 3.67. The van der Waals surface area contributed by atoms with Crippen LogP contribution in [-0.4, -0.2) is 28.7 Å². The Morgan fingerprint density at radius 2 is 2.00 bits per heavy atom. The average Bonchev–Trinajstić information content (AvgIpc) is 3.19. The number of rotatable bonds is 6. The first-order valence-electron chi connectivity index (χ1n) is 8.43. The lowest BCUT2D eigenvalue weighted by Gasteiger charge is -2.17. The van der Waals surface area contributed by atoms with Crippen molar-refractivity contribution in [3.05, 3.63) is 66.3 Å². The van der Waals surface area contributed by atoms with Gasteiger partial charge in [-0.3, -0.25) is 14.6 Å². The van der Waals surface area contributed by atoms with Gasteiger partial charge in [-0.15, -0.1) is 0 Å². The lowest BCUT2D eigenvalue weighted by molar-refractivity contribution is -0.118. The van der Waals surface area contributed by atoms with Crippen molar-refractivity contribution in [3.63, 3.8) is 0 Å². The number of carbonyl (C=O) groups is 2. The second-order valence-electron chi connectivity index (χ2n) is 5.93. The van der Waals surface area contributed by atoms with E-state index in [1.54, 1.807) is 31.2 Å². The maximum absolute atomic E-state index is 14.4. The Hall–Kier alpha value is -3.35. The van der Waals surface area contributed by atoms with Crippen LogP contribution in [0, 0.1) is 5.82 Å². The van der Waals surface area contributed by atoms with Crippen molar-refractivity contribution in [1.82, 2.24) is 9.97 Å². The van der Waals surface area contributed by atoms with Crippen molar-refractivity contribution in [2.24, 2.45) is 0 Å². The second-order valence-corrected chi connectivity index (χ2v) is 5.93. The molecule has 0 aliphatic heterocycles. The molecule has 1 amide bonds. The van der Waals surface area contributed by atoms with Gasteiger partial charge < -0.3 is 9.32 Å². The van der Waals surface area contributed by atoms with Crippen LogP contribution < -0.4 is 4.90 Å². The number of Topliss-reactive ketones (excluding diaryl/α,β-unsaturated/α-hetero) is 1. The minimum atomic E-state index is -0.511. The molecule has 3 aromatic rings. The molecule has 3 rings (SSSR count). The zero-order chi connectivity index (χ0) is 19.4. The third kappa shape index (κ3) is 4.08. The summed E-state index contributed by atoms with van der Waals surface area (Å²) >= 11 is 0. The zero-order valence-corrected chi connectivity index (χ0v) is 15.0. The van der Waals surface area contributed by atoms with E-state index in [4.69, 9.17) is 4.42 Å². The highest BCUT2D eigenvalue weighted by molar-refractivity contribution is 5.97. The lowest BCUT2D eigenvalue weighted by Crippen LogP contribution is -2.25. The van der Waals surface area contributed by atoms with E-state index in [1.807, 2.05) is 0 Å². The summed E-state index contributed by atoms with van der Waals surface area (Å²) < 4.78 is 19.5. The number of halogens is 1. The summed E-state index contributed by atoms with van der Waals surface area (Å²) in [4.78, 5) is 33.4. The molecule has 6 nitrogen and oxygen atoms in total. The van der Waals surface area contributed by atoms with Gasteiger partial charge in [0, 0.05) is 30.8 Å². The molecule has 138 valence electrons. The Bertz CT molecular complexity index is 953. The van der Waals surface area contributed by atoms with Crippen molar-refractivity contribution in [3.8, 4) is 11.3 Å². The van der Waals surface area contributed by atoms with Gasteiger partial charge in [-0.2, -0.15) is 0 Å². The van der Waals surface area contributed by atoms with Crippen LogP contribution in [0.5, 0.6) is 0 Å². The van der Waals surface area contributed by atoms with Gasteiger partial charge in [0.15, 0.2) is 5.78 Å². The van der Waals surface area contributed by atoms with Crippen molar-refractivity contribution in [2.45, 2.75) is 19.8 Å². The van der Waals surface area contributed by atoms with E-state index in [1.165, 1.54) is 36.7 Å². The molecular formula is C20H18FN3O3. The Morgan fingerprint density at radius 3 is 2.59 bits per heavy atom. The van der Waals surface area contributed by atoms with E-state index in [0.717, 1.165) is 0 Å². The number of anilines is 1. The monoisotopic (exact) mass is 367 g/mol. The Kier molecular flexibility index (Phi) is 5.40. The molecule has 2 aromatic heterocycles. The minimum absolute atomic E-state index is 0.0507. The summed E-state index contributed by atoms with van der Waals surface area (Å²) in [5.74, 6) is -0.512. The highest BCUT2D eigenvalue weighted by Gasteiger charge is 2.15. The number of aromatic nitrogens is 2. The Balaban J connectivity index is 1.78. The fourth-order valence-electron chi connectivity index (χ4n) is 2.62. The average molecular weight is 367 g/mol. The standard InChI is InChI=1S/C20H18FN3O3/c1-3-20(26)24(2)17-7-5-13(10-15(17)21)16-6-4-14(12-23-16)18(25)11-19-22-8-9-27-19/h4-10,12H,3,11H2,1-2H3. The SMILES string of the molecule is CCC(=O)N(C)c1ccc(-c2ccc(C(=O)Cc3ncco3)cn2)cc1F. The molecule has 2 heterocycles. The van der Waals surface area contributed by atoms with E-state index in [9.17, 15) is 14.0 Å². The fraction of sp³-hybridized carbons (Fsp3) is 0.200. The fourth-order valence-corrected chi connectivity index (χ4v) is 2.62. The highest BCUT2D eigenvalue weighted by atomic mass is 19.1. The van der Waals surface area contributed by atoms with Gasteiger partial charge >= 0.3 is 0 Å². The van der Waals surface area contributed by atoms with Crippen LogP contribution in [0.1, 0.15) is 29.6 Å². The van der Waals surface area contributed by atoms with Crippen LogP contribution in [-0.2, 0) is 11.2 Å². The summed E-state index contributed by atoms with van der Waals surface area (Å²) in [6, 6.07) is 7.84. The molecule has 0 aliphatic rings. The molecule has 7 heteroatoms. The smallest absolute Gasteiger partial charge is 0.226 e. The normalized spacial score (nSPS) is 10.6. The zero-order valence-electron chi connectivity index (χ0n) is 15.0. The molecule has 0 unspecified atom stereocenters. The second kappa shape index (κ2) is 7.90. The molecule has 0 spiro atoms. The number of benzene rings is 1. The molecule has 0 N–H and O–H groups in total. The molecule has 0 aliphatic carbocycles. The van der Waals surface area contributed by atoms with Crippen molar-refractivity contribution >= 4 is 17.4 Å². The predicted molar refractivity (Wildman–Crippen MR) is 97.9 cm³/mol. The van der Waals surface area contributed by atoms with Crippen LogP contribution in [0.2, 0.25) is 0 Å². The topological polar surface area (TPSA) is 76.3 Å². The molecular weight excluding hydrogens is 349 g/mol. The quantitative estimate of drug-likeness (QED) is 0.621. The van der Waals surface area contributed by atoms with Crippen molar-refractivity contribution < 1.29 is 18.4 Å². The molecule has 0 radical (unpaired) electrons. The first kappa shape index (κ1) is 18.4. The number of pyridine rings is 1. The van der Waals surface area contributed by atoms with Gasteiger partial charge in [0.25, 0.3) is 0 Å². The molecule has 0 fully saturated rings. The van der Waals surface area contributed by atoms with Crippen LogP contribution in [0.3, 0.4) is 0 Å². The van der Waals surface area contributed by atoms with E-state index in [2.05, 4.69) is 9.97 Å². The van der Waals surface area contributed by atoms with Gasteiger partial charge in [0.1, 0.15) is 12.1 Å². The number of hydrogen-bond donors (Lipinski definition) is 0. The van der Waals surface area contributed by atoms with Gasteiger partial charge in [0.05, 0.1) is 24.0 Å². The molecule has 0 saturated heterocycles. The molecule has 27 heavy (non-hydrogen) atoms. The third-order valence-corrected chi connectivity index (χ3v) is 4.16. The summed E-state index contributed by atoms with van der Waals surface area (Å²) in [7, 11) is 1.54. The van der Waals surface area contributed by atoms with Crippen LogP contribution in [0.25, 0.3) is 11.3 Å². The number of hydrogen-bond acceptors (Lipinski definition) is 5. The van der Waals surface area contributed by atoms with E-state index >= 15 is 0 Å². The summed E-state index contributed by atoms with van der Waals surface area (Å²) in [5, 5.41) is 0. The van der Waals surface area contributed by atoms with Crippen molar-refractivity contribution in [2.75, 3.05) is 11.9 Å². The largest absolute Gasteiger partial charge is 0.449 e. The first-order chi connectivity index (χ1) is 13.0. The van der Waals surface area contributed by atoms with Crippen molar-refractivity contribution in [1.29, 1.82) is 0 Å². The van der Waals surface area contributed by atoms with E-state index in [0.29, 0.717) is 29.1 Å². The highest BCUT2D eigenvalue weighted by Crippen LogP contribution is 2.25. The van der Waals surface area contributed by atoms with Crippen LogP contribution in [0.4, 0.5) is 10.1 Å². The maximum atomic E-state index is 14.4. The van der Waals surface area contributed by atoms with Gasteiger partial charge in [-0.1, -0.05) is 13.0 Å². The summed E-state index contributed by atoms with van der Waals surface area (Å²) in [6.45, 7) is 1.72. The number of nitrogens with zero attached hydrogens (tertiary/aromatic N) is 3. The van der Waals surface area contributed by atoms with Gasteiger partial charge in [0.2, 0.25) is 11.8 Å². The maximum Gasteiger partial charge on any atom is 0.226 e. The summed E-state index contributed by atoms with van der Waals surface area (Å²) in [5.41, 5.74) is 1.71. The lowest BCUT2D eigenvalue weighted by atomic mass is 10.1. The molecule has 1 aromatic carbocycles. The Labute approximate surface area is 155 Å². The molecule has 0 atom stereocenters. The Morgan fingerprint density at radius 1 is 1.19 bits per heavy atom. The van der Waals surface area contributed by atoms with E-state index in [-0.39, 0.29) is 23.8 Å². The number of amides is 1.